The predicted molar refractivity (Wildman–Crippen MR) is 181 cm³/mol. The maximum absolute atomic E-state index is 16.6. The topological polar surface area (TPSA) is 93.3 Å². The fraction of sp³-hybridized carbons (Fsp3) is 0.389. The Labute approximate surface area is 269 Å². The van der Waals surface area contributed by atoms with E-state index in [9.17, 15) is 19.6 Å². The number of benzene rings is 3. The van der Waals surface area contributed by atoms with Crippen LogP contribution in [0.15, 0.2) is 48.5 Å². The van der Waals surface area contributed by atoms with Crippen LogP contribution in [0.1, 0.15) is 53.5 Å². The largest absolute Gasteiger partial charge is 0.465 e. The number of aromatic nitrogens is 2. The molecule has 1 aromatic heterocycles. The Morgan fingerprint density at radius 2 is 1.65 bits per heavy atom. The van der Waals surface area contributed by atoms with E-state index in [1.807, 2.05) is 42.5 Å². The zero-order chi connectivity index (χ0) is 33.3. The summed E-state index contributed by atoms with van der Waals surface area (Å²) in [5.74, 6) is 3.05. The summed E-state index contributed by atoms with van der Waals surface area (Å²) < 4.78 is 31.5. The summed E-state index contributed by atoms with van der Waals surface area (Å²) in [6.45, 7) is 14.0. The van der Waals surface area contributed by atoms with Gasteiger partial charge in [0.05, 0.1) is 18.5 Å². The number of carboxylic acid groups (broad SMARTS) is 1. The highest BCUT2D eigenvalue weighted by Gasteiger charge is 2.41. The van der Waals surface area contributed by atoms with Gasteiger partial charge in [-0.2, -0.15) is 19.6 Å². The van der Waals surface area contributed by atoms with Crippen molar-refractivity contribution in [1.82, 2.24) is 14.9 Å². The van der Waals surface area contributed by atoms with Crippen LogP contribution in [0.3, 0.4) is 0 Å². The van der Waals surface area contributed by atoms with E-state index >= 15 is 4.39 Å². The van der Waals surface area contributed by atoms with Crippen LogP contribution in [0.5, 0.6) is 0 Å². The fourth-order valence-electron chi connectivity index (χ4n) is 7.43. The maximum Gasteiger partial charge on any atom is 0.407 e. The number of nitriles is 1. The van der Waals surface area contributed by atoms with E-state index in [0.29, 0.717) is 27.6 Å². The molecule has 1 unspecified atom stereocenters. The van der Waals surface area contributed by atoms with Gasteiger partial charge in [-0.1, -0.05) is 83.9 Å². The predicted octanol–water partition coefficient (Wildman–Crippen LogP) is 8.38. The zero-order valence-electron chi connectivity index (χ0n) is 27.1. The fourth-order valence-corrected chi connectivity index (χ4v) is 12.6. The quantitative estimate of drug-likeness (QED) is 0.129. The van der Waals surface area contributed by atoms with E-state index in [0.717, 1.165) is 16.3 Å². The van der Waals surface area contributed by atoms with Gasteiger partial charge in [-0.15, -0.1) is 5.54 Å². The molecular weight excluding hydrogens is 601 g/mol. The van der Waals surface area contributed by atoms with Crippen LogP contribution in [0, 0.1) is 34.7 Å². The molecule has 0 saturated carbocycles. The van der Waals surface area contributed by atoms with Crippen molar-refractivity contribution in [2.45, 2.75) is 70.6 Å². The highest BCUT2D eigenvalue weighted by molar-refractivity contribution is 6.90. The van der Waals surface area contributed by atoms with Gasteiger partial charge in [-0.05, 0) is 39.7 Å². The average molecular weight is 640 g/mol. The van der Waals surface area contributed by atoms with Gasteiger partial charge in [0.25, 0.3) is 0 Å². The SMILES string of the molecule is CC(C)[Si](C#Cc1cccc2cccc(-c3ccc4c(N5CCN(C(=O)O)C(CC#N)C5)nc(F)nc4c3F)c12)(C(C)C)C(C)C. The third kappa shape index (κ3) is 5.78. The maximum atomic E-state index is 16.6. The van der Waals surface area contributed by atoms with Crippen LogP contribution < -0.4 is 4.90 Å². The Hall–Kier alpha value is -4.54. The van der Waals surface area contributed by atoms with Gasteiger partial charge in [-0.25, -0.2) is 9.18 Å². The van der Waals surface area contributed by atoms with E-state index in [1.165, 1.54) is 4.90 Å². The number of carbonyl (C=O) groups is 1. The number of nitrogens with zero attached hydrogens (tertiary/aromatic N) is 5. The van der Waals surface area contributed by atoms with Gasteiger partial charge >= 0.3 is 12.2 Å². The summed E-state index contributed by atoms with van der Waals surface area (Å²) in [5.41, 5.74) is 6.73. The second-order valence-corrected chi connectivity index (χ2v) is 18.5. The summed E-state index contributed by atoms with van der Waals surface area (Å²) in [4.78, 5) is 22.5. The number of hydrogen-bond donors (Lipinski definition) is 1. The molecule has 5 rings (SSSR count). The van der Waals surface area contributed by atoms with Crippen LogP contribution in [0.25, 0.3) is 32.8 Å². The Morgan fingerprint density at radius 1 is 0.978 bits per heavy atom. The molecule has 1 saturated heterocycles. The summed E-state index contributed by atoms with van der Waals surface area (Å²) >= 11 is 0. The molecule has 7 nitrogen and oxygen atoms in total. The van der Waals surface area contributed by atoms with Gasteiger partial charge in [0.2, 0.25) is 0 Å². The molecule has 1 atom stereocenters. The van der Waals surface area contributed by atoms with E-state index in [-0.39, 0.29) is 43.0 Å². The molecule has 1 fully saturated rings. The number of rotatable bonds is 6. The number of amides is 1. The molecule has 1 N–H and O–H groups in total. The van der Waals surface area contributed by atoms with Crippen LogP contribution in [0.4, 0.5) is 19.4 Å². The molecule has 1 amide bonds. The van der Waals surface area contributed by atoms with Crippen molar-refractivity contribution >= 4 is 41.7 Å². The van der Waals surface area contributed by atoms with Gasteiger partial charge in [0.15, 0.2) is 5.82 Å². The van der Waals surface area contributed by atoms with Gasteiger partial charge in [-0.3, -0.25) is 0 Å². The molecule has 0 bridgehead atoms. The highest BCUT2D eigenvalue weighted by atomic mass is 28.3. The van der Waals surface area contributed by atoms with Crippen molar-refractivity contribution in [2.24, 2.45) is 0 Å². The molecule has 0 spiro atoms. The van der Waals surface area contributed by atoms with Crippen LogP contribution >= 0.6 is 0 Å². The Morgan fingerprint density at radius 3 is 2.28 bits per heavy atom. The Kier molecular flexibility index (Phi) is 9.32. The summed E-state index contributed by atoms with van der Waals surface area (Å²) in [5, 5.41) is 20.9. The first-order chi connectivity index (χ1) is 21.9. The number of piperazine rings is 1. The average Bonchev–Trinajstić information content (AvgIpc) is 3.01. The minimum Gasteiger partial charge on any atom is -0.465 e. The second kappa shape index (κ2) is 13.1. The first kappa shape index (κ1) is 32.8. The summed E-state index contributed by atoms with van der Waals surface area (Å²) in [7, 11) is -2.04. The molecule has 10 heteroatoms. The minimum absolute atomic E-state index is 0.0335. The normalized spacial score (nSPS) is 15.5. The summed E-state index contributed by atoms with van der Waals surface area (Å²) in [6.07, 6.45) is -2.24. The van der Waals surface area contributed by atoms with E-state index < -0.39 is 32.1 Å². The van der Waals surface area contributed by atoms with E-state index in [1.54, 1.807) is 17.0 Å². The van der Waals surface area contributed by atoms with Crippen molar-refractivity contribution in [3.63, 3.8) is 0 Å². The van der Waals surface area contributed by atoms with Crippen LogP contribution in [-0.4, -0.2) is 59.8 Å². The first-order valence-electron chi connectivity index (χ1n) is 15.7. The highest BCUT2D eigenvalue weighted by Crippen LogP contribution is 2.41. The van der Waals surface area contributed by atoms with Crippen molar-refractivity contribution in [3.05, 3.63) is 66.0 Å². The Bertz CT molecular complexity index is 1880. The lowest BCUT2D eigenvalue weighted by Gasteiger charge is -2.39. The molecule has 238 valence electrons. The third-order valence-corrected chi connectivity index (χ3v) is 15.9. The molecule has 1 aliphatic rings. The van der Waals surface area contributed by atoms with Crippen molar-refractivity contribution in [1.29, 1.82) is 5.26 Å². The third-order valence-electron chi connectivity index (χ3n) is 9.59. The molecule has 3 aromatic carbocycles. The van der Waals surface area contributed by atoms with Gasteiger partial charge < -0.3 is 14.9 Å². The number of hydrogen-bond acceptors (Lipinski definition) is 5. The molecule has 0 radical (unpaired) electrons. The molecule has 2 heterocycles. The van der Waals surface area contributed by atoms with Crippen molar-refractivity contribution in [3.8, 4) is 28.7 Å². The van der Waals surface area contributed by atoms with Crippen molar-refractivity contribution in [2.75, 3.05) is 24.5 Å². The lowest BCUT2D eigenvalue weighted by atomic mass is 9.93. The Balaban J connectivity index is 1.66. The molecule has 46 heavy (non-hydrogen) atoms. The smallest absolute Gasteiger partial charge is 0.407 e. The van der Waals surface area contributed by atoms with Gasteiger partial charge in [0.1, 0.15) is 19.4 Å². The second-order valence-electron chi connectivity index (χ2n) is 12.9. The monoisotopic (exact) mass is 639 g/mol. The zero-order valence-corrected chi connectivity index (χ0v) is 28.1. The number of anilines is 1. The molecule has 4 aromatic rings. The molecular formula is C36H39F2N5O2Si. The van der Waals surface area contributed by atoms with E-state index in [4.69, 9.17) is 0 Å². The lowest BCUT2D eigenvalue weighted by Crippen LogP contribution is -2.55. The molecule has 1 aliphatic heterocycles. The lowest BCUT2D eigenvalue weighted by molar-refractivity contribution is 0.119. The van der Waals surface area contributed by atoms with Gasteiger partial charge in [0, 0.05) is 41.5 Å². The van der Waals surface area contributed by atoms with Crippen molar-refractivity contribution < 1.29 is 18.7 Å². The summed E-state index contributed by atoms with van der Waals surface area (Å²) in [6, 6.07) is 16.4. The number of halogens is 2. The number of fused-ring (bicyclic) bond motifs is 2. The van der Waals surface area contributed by atoms with Crippen LogP contribution in [-0.2, 0) is 0 Å². The standard InChI is InChI=1S/C36H39F2N5O2Si/c1-22(2)46(23(3)4,24(5)6)20-16-26-10-7-9-25-11-8-12-28(31(25)26)29-13-14-30-33(32(29)37)40-35(38)41-34(30)42-18-19-43(36(44)45)27(21-42)15-17-39/h7-14,22-24,27H,15,18-19,21H2,1-6H3,(H,44,45). The van der Waals surface area contributed by atoms with Crippen LogP contribution in [0.2, 0.25) is 16.6 Å². The van der Waals surface area contributed by atoms with E-state index in [2.05, 4.69) is 63.0 Å². The molecule has 0 aliphatic carbocycles. The minimum atomic E-state index is -2.04. The first-order valence-corrected chi connectivity index (χ1v) is 18.0.